The van der Waals surface area contributed by atoms with E-state index >= 15 is 0 Å². The lowest BCUT2D eigenvalue weighted by atomic mass is 9.76. The fourth-order valence-electron chi connectivity index (χ4n) is 4.68. The molecule has 2 aromatic rings. The smallest absolute Gasteiger partial charge is 0.256 e. The minimum atomic E-state index is -1.08. The maximum absolute atomic E-state index is 13.8. The summed E-state index contributed by atoms with van der Waals surface area (Å²) in [7, 11) is 0. The second-order valence-corrected chi connectivity index (χ2v) is 8.55. The van der Waals surface area contributed by atoms with Gasteiger partial charge in [0.1, 0.15) is 5.92 Å². The molecule has 3 aliphatic heterocycles. The average molecular weight is 394 g/mol. The van der Waals surface area contributed by atoms with Crippen molar-refractivity contribution in [2.75, 3.05) is 37.7 Å². The fraction of sp³-hybridized carbons (Fsp3) is 0.364. The Labute approximate surface area is 168 Å². The Morgan fingerprint density at radius 3 is 2.50 bits per heavy atom. The van der Waals surface area contributed by atoms with Crippen molar-refractivity contribution in [3.05, 3.63) is 71.3 Å². The monoisotopic (exact) mass is 394 g/mol. The van der Waals surface area contributed by atoms with Crippen LogP contribution in [0, 0.1) is 0 Å². The van der Waals surface area contributed by atoms with Gasteiger partial charge in [-0.1, -0.05) is 48.5 Å². The summed E-state index contributed by atoms with van der Waals surface area (Å²) in [5, 5.41) is 0. The van der Waals surface area contributed by atoms with Crippen molar-refractivity contribution in [3.8, 4) is 0 Å². The molecule has 0 aliphatic carbocycles. The van der Waals surface area contributed by atoms with E-state index < -0.39 is 11.6 Å². The zero-order chi connectivity index (χ0) is 19.1. The van der Waals surface area contributed by atoms with E-state index in [1.54, 1.807) is 4.90 Å². The molecule has 0 N–H and O–H groups in total. The topological polar surface area (TPSA) is 49.9 Å². The number of carbonyl (C=O) groups excluding carboxylic acids is 2. The van der Waals surface area contributed by atoms with Crippen LogP contribution in [0.2, 0.25) is 0 Å². The fourth-order valence-corrected chi connectivity index (χ4v) is 5.58. The number of benzene rings is 2. The summed E-state index contributed by atoms with van der Waals surface area (Å²) >= 11 is 1.87. The Hall–Kier alpha value is -2.31. The number of thioether (sulfide) groups is 1. The minimum absolute atomic E-state index is 0.0519. The summed E-state index contributed by atoms with van der Waals surface area (Å²) in [6.07, 6.45) is 0. The van der Waals surface area contributed by atoms with Crippen LogP contribution in [0.25, 0.3) is 0 Å². The van der Waals surface area contributed by atoms with Crippen LogP contribution in [0.5, 0.6) is 0 Å². The predicted octanol–water partition coefficient (Wildman–Crippen LogP) is 2.68. The Kier molecular flexibility index (Phi) is 4.40. The van der Waals surface area contributed by atoms with Gasteiger partial charge < -0.3 is 14.5 Å². The molecule has 2 atom stereocenters. The van der Waals surface area contributed by atoms with Crippen LogP contribution in [-0.2, 0) is 15.3 Å². The molecular formula is C22H22N2O3S. The molecule has 144 valence electrons. The van der Waals surface area contributed by atoms with Gasteiger partial charge in [-0.3, -0.25) is 9.59 Å². The van der Waals surface area contributed by atoms with Crippen LogP contribution >= 0.6 is 11.8 Å². The summed E-state index contributed by atoms with van der Waals surface area (Å²) in [5.74, 6) is 1.32. The number of carbonyl (C=O) groups is 2. The normalized spacial score (nSPS) is 26.7. The molecule has 2 saturated heterocycles. The zero-order valence-electron chi connectivity index (χ0n) is 15.5. The van der Waals surface area contributed by atoms with E-state index in [1.807, 2.05) is 71.3 Å². The number of hydrogen-bond acceptors (Lipinski definition) is 4. The third-order valence-electron chi connectivity index (χ3n) is 5.93. The minimum Gasteiger partial charge on any atom is -0.348 e. The van der Waals surface area contributed by atoms with Gasteiger partial charge in [-0.25, -0.2) is 0 Å². The largest absolute Gasteiger partial charge is 0.348 e. The van der Waals surface area contributed by atoms with Crippen molar-refractivity contribution in [2.45, 2.75) is 11.6 Å². The quantitative estimate of drug-likeness (QED) is 0.786. The maximum atomic E-state index is 13.8. The first-order chi connectivity index (χ1) is 13.7. The highest BCUT2D eigenvalue weighted by molar-refractivity contribution is 7.99. The number of rotatable bonds is 2. The third kappa shape index (κ3) is 2.51. The maximum Gasteiger partial charge on any atom is 0.256 e. The molecule has 5 rings (SSSR count). The summed E-state index contributed by atoms with van der Waals surface area (Å²) in [4.78, 5) is 30.9. The lowest BCUT2D eigenvalue weighted by Crippen LogP contribution is -2.58. The first-order valence-electron chi connectivity index (χ1n) is 9.70. The number of ether oxygens (including phenoxy) is 1. The van der Waals surface area contributed by atoms with Gasteiger partial charge in [0.15, 0.2) is 5.72 Å². The number of hydrogen-bond donors (Lipinski definition) is 0. The van der Waals surface area contributed by atoms with E-state index in [1.165, 1.54) is 0 Å². The SMILES string of the molecule is O=C([C@H]1c2ccccc2C(=O)N2CCO[C@@]12c1ccccc1)N1CCSCC1. The van der Waals surface area contributed by atoms with Gasteiger partial charge in [-0.15, -0.1) is 0 Å². The van der Waals surface area contributed by atoms with E-state index in [0.29, 0.717) is 18.7 Å². The van der Waals surface area contributed by atoms with Crippen LogP contribution < -0.4 is 0 Å². The Morgan fingerprint density at radius 2 is 1.71 bits per heavy atom. The summed E-state index contributed by atoms with van der Waals surface area (Å²) in [5.41, 5.74) is 1.18. The molecule has 3 aliphatic rings. The van der Waals surface area contributed by atoms with Gasteiger partial charge in [0, 0.05) is 42.3 Å². The zero-order valence-corrected chi connectivity index (χ0v) is 16.4. The molecule has 2 fully saturated rings. The molecule has 5 nitrogen and oxygen atoms in total. The van der Waals surface area contributed by atoms with Crippen molar-refractivity contribution in [2.24, 2.45) is 0 Å². The second-order valence-electron chi connectivity index (χ2n) is 7.33. The molecule has 0 unspecified atom stereocenters. The van der Waals surface area contributed by atoms with Gasteiger partial charge >= 0.3 is 0 Å². The van der Waals surface area contributed by atoms with Gasteiger partial charge in [0.25, 0.3) is 5.91 Å². The molecule has 0 saturated carbocycles. The molecule has 28 heavy (non-hydrogen) atoms. The Balaban J connectivity index is 1.72. The lowest BCUT2D eigenvalue weighted by molar-refractivity contribution is -0.152. The number of nitrogens with zero attached hydrogens (tertiary/aromatic N) is 2. The molecule has 0 radical (unpaired) electrons. The first-order valence-corrected chi connectivity index (χ1v) is 10.9. The van der Waals surface area contributed by atoms with Crippen molar-refractivity contribution in [1.29, 1.82) is 0 Å². The Bertz CT molecular complexity index is 913. The van der Waals surface area contributed by atoms with Crippen LogP contribution in [0.4, 0.5) is 0 Å². The van der Waals surface area contributed by atoms with Gasteiger partial charge in [0.2, 0.25) is 5.91 Å². The number of fused-ring (bicyclic) bond motifs is 2. The van der Waals surface area contributed by atoms with E-state index in [9.17, 15) is 9.59 Å². The van der Waals surface area contributed by atoms with E-state index in [2.05, 4.69) is 0 Å². The van der Waals surface area contributed by atoms with Gasteiger partial charge in [-0.05, 0) is 11.6 Å². The molecule has 3 heterocycles. The lowest BCUT2D eigenvalue weighted by Gasteiger charge is -2.48. The standard InChI is InChI=1S/C22H22N2O3S/c25-20-18-9-5-4-8-17(18)19(21(26)23-11-14-28-15-12-23)22(24(20)10-13-27-22)16-6-2-1-3-7-16/h1-9,19H,10-15H2/t19-,22+/m1/s1. The van der Waals surface area contributed by atoms with Crippen molar-refractivity contribution in [1.82, 2.24) is 9.80 Å². The predicted molar refractivity (Wildman–Crippen MR) is 108 cm³/mol. The molecular weight excluding hydrogens is 372 g/mol. The highest BCUT2D eigenvalue weighted by Gasteiger charge is 2.60. The van der Waals surface area contributed by atoms with Crippen molar-refractivity contribution >= 4 is 23.6 Å². The molecule has 0 aromatic heterocycles. The molecule has 6 heteroatoms. The van der Waals surface area contributed by atoms with Gasteiger partial charge in [0.05, 0.1) is 6.61 Å². The molecule has 0 spiro atoms. The van der Waals surface area contributed by atoms with Crippen molar-refractivity contribution < 1.29 is 14.3 Å². The highest BCUT2D eigenvalue weighted by atomic mass is 32.2. The van der Waals surface area contributed by atoms with E-state index in [-0.39, 0.29) is 11.8 Å². The van der Waals surface area contributed by atoms with Crippen LogP contribution in [0.15, 0.2) is 54.6 Å². The number of amides is 2. The first kappa shape index (κ1) is 17.8. The molecule has 0 bridgehead atoms. The molecule has 2 aromatic carbocycles. The van der Waals surface area contributed by atoms with Crippen LogP contribution in [0.1, 0.15) is 27.4 Å². The van der Waals surface area contributed by atoms with E-state index in [4.69, 9.17) is 4.74 Å². The van der Waals surface area contributed by atoms with Crippen LogP contribution in [0.3, 0.4) is 0 Å². The van der Waals surface area contributed by atoms with Gasteiger partial charge in [-0.2, -0.15) is 11.8 Å². The highest BCUT2D eigenvalue weighted by Crippen LogP contribution is 2.51. The van der Waals surface area contributed by atoms with Crippen LogP contribution in [-0.4, -0.2) is 59.4 Å². The Morgan fingerprint density at radius 1 is 1.00 bits per heavy atom. The average Bonchev–Trinajstić information content (AvgIpc) is 3.21. The summed E-state index contributed by atoms with van der Waals surface area (Å²) in [6, 6.07) is 17.3. The second kappa shape index (κ2) is 6.94. The summed E-state index contributed by atoms with van der Waals surface area (Å²) in [6.45, 7) is 2.39. The van der Waals surface area contributed by atoms with E-state index in [0.717, 1.165) is 35.7 Å². The summed E-state index contributed by atoms with van der Waals surface area (Å²) < 4.78 is 6.33. The van der Waals surface area contributed by atoms with Crippen molar-refractivity contribution in [3.63, 3.8) is 0 Å². The molecule has 2 amide bonds. The third-order valence-corrected chi connectivity index (χ3v) is 6.88.